The Morgan fingerprint density at radius 1 is 1.43 bits per heavy atom. The van der Waals surface area contributed by atoms with Gasteiger partial charge < -0.3 is 5.11 Å². The maximum atomic E-state index is 9.90. The molecule has 0 bridgehead atoms. The van der Waals surface area contributed by atoms with E-state index in [-0.39, 0.29) is 0 Å². The lowest BCUT2D eigenvalue weighted by Crippen LogP contribution is -2.28. The van der Waals surface area contributed by atoms with Crippen LogP contribution in [0.2, 0.25) is 0 Å². The van der Waals surface area contributed by atoms with E-state index in [0.29, 0.717) is 0 Å². The van der Waals surface area contributed by atoms with Gasteiger partial charge in [0.1, 0.15) is 0 Å². The molecule has 1 saturated carbocycles. The largest absolute Gasteiger partial charge is 0.389 e. The lowest BCUT2D eigenvalue weighted by Gasteiger charge is -2.29. The third-order valence-corrected chi connectivity index (χ3v) is 4.97. The monoisotopic (exact) mass is 216 g/mol. The molecule has 84 valence electrons. The van der Waals surface area contributed by atoms with Crippen molar-refractivity contribution in [2.45, 2.75) is 63.7 Å². The van der Waals surface area contributed by atoms with Gasteiger partial charge in [-0.3, -0.25) is 0 Å². The third kappa shape index (κ3) is 4.22. The van der Waals surface area contributed by atoms with E-state index in [9.17, 15) is 5.11 Å². The van der Waals surface area contributed by atoms with Gasteiger partial charge in [-0.15, -0.1) is 0 Å². The molecule has 1 fully saturated rings. The Labute approximate surface area is 92.7 Å². The molecule has 1 aliphatic carbocycles. The average molecular weight is 216 g/mol. The van der Waals surface area contributed by atoms with Gasteiger partial charge in [0, 0.05) is 11.0 Å². The SMILES string of the molecule is CCC(C)(O)CSC1CCCC(C)C1. The molecule has 0 aromatic heterocycles. The van der Waals surface area contributed by atoms with Gasteiger partial charge >= 0.3 is 0 Å². The van der Waals surface area contributed by atoms with E-state index in [4.69, 9.17) is 0 Å². The van der Waals surface area contributed by atoms with Crippen LogP contribution in [0.1, 0.15) is 52.9 Å². The molecule has 0 aliphatic heterocycles. The number of thioether (sulfide) groups is 1. The van der Waals surface area contributed by atoms with Gasteiger partial charge in [0.2, 0.25) is 0 Å². The van der Waals surface area contributed by atoms with Crippen molar-refractivity contribution >= 4 is 11.8 Å². The van der Waals surface area contributed by atoms with Gasteiger partial charge in [0.25, 0.3) is 0 Å². The van der Waals surface area contributed by atoms with Gasteiger partial charge in [-0.1, -0.05) is 26.7 Å². The van der Waals surface area contributed by atoms with E-state index >= 15 is 0 Å². The molecule has 14 heavy (non-hydrogen) atoms. The Morgan fingerprint density at radius 3 is 2.71 bits per heavy atom. The summed E-state index contributed by atoms with van der Waals surface area (Å²) in [4.78, 5) is 0. The number of hydrogen-bond donors (Lipinski definition) is 1. The first-order chi connectivity index (χ1) is 6.53. The molecule has 0 radical (unpaired) electrons. The fraction of sp³-hybridized carbons (Fsp3) is 1.00. The molecular weight excluding hydrogens is 192 g/mol. The highest BCUT2D eigenvalue weighted by molar-refractivity contribution is 7.99. The first-order valence-electron chi connectivity index (χ1n) is 5.87. The zero-order chi connectivity index (χ0) is 10.6. The van der Waals surface area contributed by atoms with Crippen LogP contribution in [-0.2, 0) is 0 Å². The van der Waals surface area contributed by atoms with Crippen LogP contribution in [-0.4, -0.2) is 21.7 Å². The Bertz CT molecular complexity index is 168. The molecule has 1 rings (SSSR count). The van der Waals surface area contributed by atoms with E-state index in [1.165, 1.54) is 25.7 Å². The standard InChI is InChI=1S/C12H24OS/c1-4-12(3,13)9-14-11-7-5-6-10(2)8-11/h10-11,13H,4-9H2,1-3H3. The molecule has 0 heterocycles. The highest BCUT2D eigenvalue weighted by Crippen LogP contribution is 2.33. The number of hydrogen-bond acceptors (Lipinski definition) is 2. The summed E-state index contributed by atoms with van der Waals surface area (Å²) in [5.41, 5.74) is -0.453. The smallest absolute Gasteiger partial charge is 0.0707 e. The summed E-state index contributed by atoms with van der Waals surface area (Å²) in [6.07, 6.45) is 6.36. The highest BCUT2D eigenvalue weighted by atomic mass is 32.2. The summed E-state index contributed by atoms with van der Waals surface area (Å²) in [7, 11) is 0. The van der Waals surface area contributed by atoms with Gasteiger partial charge in [-0.2, -0.15) is 11.8 Å². The van der Waals surface area contributed by atoms with Crippen LogP contribution in [0.3, 0.4) is 0 Å². The molecule has 1 N–H and O–H groups in total. The summed E-state index contributed by atoms with van der Waals surface area (Å²) < 4.78 is 0. The molecule has 0 saturated heterocycles. The topological polar surface area (TPSA) is 20.2 Å². The average Bonchev–Trinajstić information content (AvgIpc) is 2.15. The maximum Gasteiger partial charge on any atom is 0.0707 e. The quantitative estimate of drug-likeness (QED) is 0.776. The van der Waals surface area contributed by atoms with E-state index in [1.807, 2.05) is 18.7 Å². The normalized spacial score (nSPS) is 32.6. The Balaban J connectivity index is 2.23. The zero-order valence-electron chi connectivity index (χ0n) is 9.75. The van der Waals surface area contributed by atoms with E-state index in [2.05, 4.69) is 13.8 Å². The van der Waals surface area contributed by atoms with Gasteiger partial charge in [-0.05, 0) is 32.1 Å². The second-order valence-electron chi connectivity index (χ2n) is 5.06. The Morgan fingerprint density at radius 2 is 2.14 bits per heavy atom. The second-order valence-corrected chi connectivity index (χ2v) is 6.34. The van der Waals surface area contributed by atoms with Crippen molar-refractivity contribution in [2.75, 3.05) is 5.75 Å². The molecule has 3 unspecified atom stereocenters. The van der Waals surface area contributed by atoms with Crippen LogP contribution in [0, 0.1) is 5.92 Å². The van der Waals surface area contributed by atoms with Gasteiger partial charge in [-0.25, -0.2) is 0 Å². The van der Waals surface area contributed by atoms with Crippen molar-refractivity contribution in [1.29, 1.82) is 0 Å². The van der Waals surface area contributed by atoms with Crippen LogP contribution in [0.15, 0.2) is 0 Å². The van der Waals surface area contributed by atoms with Crippen molar-refractivity contribution in [3.05, 3.63) is 0 Å². The number of rotatable bonds is 4. The van der Waals surface area contributed by atoms with Gasteiger partial charge in [0.05, 0.1) is 5.60 Å². The van der Waals surface area contributed by atoms with Crippen molar-refractivity contribution in [2.24, 2.45) is 5.92 Å². The molecule has 0 aromatic carbocycles. The predicted octanol–water partition coefficient (Wildman–Crippen LogP) is 3.46. The van der Waals surface area contributed by atoms with Crippen molar-refractivity contribution < 1.29 is 5.11 Å². The third-order valence-electron chi connectivity index (χ3n) is 3.28. The fourth-order valence-corrected chi connectivity index (χ4v) is 3.53. The molecule has 2 heteroatoms. The molecule has 1 aliphatic rings. The van der Waals surface area contributed by atoms with Crippen LogP contribution in [0.4, 0.5) is 0 Å². The van der Waals surface area contributed by atoms with Crippen molar-refractivity contribution in [3.8, 4) is 0 Å². The molecule has 0 spiro atoms. The van der Waals surface area contributed by atoms with Crippen molar-refractivity contribution in [3.63, 3.8) is 0 Å². The Kier molecular flexibility index (Phi) is 4.78. The van der Waals surface area contributed by atoms with E-state index in [0.717, 1.165) is 23.3 Å². The zero-order valence-corrected chi connectivity index (χ0v) is 10.6. The molecule has 1 nitrogen and oxygen atoms in total. The van der Waals surface area contributed by atoms with Crippen LogP contribution < -0.4 is 0 Å². The van der Waals surface area contributed by atoms with E-state index in [1.54, 1.807) is 0 Å². The van der Waals surface area contributed by atoms with Crippen LogP contribution in [0.25, 0.3) is 0 Å². The molecule has 3 atom stereocenters. The number of aliphatic hydroxyl groups is 1. The molecule has 0 amide bonds. The Hall–Kier alpha value is 0.310. The lowest BCUT2D eigenvalue weighted by atomic mass is 9.91. The second kappa shape index (κ2) is 5.41. The maximum absolute atomic E-state index is 9.90. The molecule has 0 aromatic rings. The summed E-state index contributed by atoms with van der Waals surface area (Å²) in [6, 6.07) is 0. The van der Waals surface area contributed by atoms with Crippen molar-refractivity contribution in [1.82, 2.24) is 0 Å². The van der Waals surface area contributed by atoms with Gasteiger partial charge in [0.15, 0.2) is 0 Å². The summed E-state index contributed by atoms with van der Waals surface area (Å²) in [5, 5.41) is 10.7. The summed E-state index contributed by atoms with van der Waals surface area (Å²) >= 11 is 1.98. The summed E-state index contributed by atoms with van der Waals surface area (Å²) in [6.45, 7) is 6.36. The van der Waals surface area contributed by atoms with Crippen LogP contribution >= 0.6 is 11.8 Å². The first kappa shape index (κ1) is 12.4. The minimum Gasteiger partial charge on any atom is -0.389 e. The van der Waals surface area contributed by atoms with E-state index < -0.39 is 5.60 Å². The minimum absolute atomic E-state index is 0.453. The van der Waals surface area contributed by atoms with Crippen LogP contribution in [0.5, 0.6) is 0 Å². The minimum atomic E-state index is -0.453. The predicted molar refractivity (Wildman–Crippen MR) is 64.8 cm³/mol. The first-order valence-corrected chi connectivity index (χ1v) is 6.92. The molecular formula is C12H24OS. The summed E-state index contributed by atoms with van der Waals surface area (Å²) in [5.74, 6) is 1.80. The fourth-order valence-electron chi connectivity index (χ4n) is 1.93. The lowest BCUT2D eigenvalue weighted by molar-refractivity contribution is 0.0814. The highest BCUT2D eigenvalue weighted by Gasteiger charge is 2.23.